The van der Waals surface area contributed by atoms with Gasteiger partial charge in [0.1, 0.15) is 18.0 Å². The second-order valence-electron chi connectivity index (χ2n) is 11.1. The van der Waals surface area contributed by atoms with Gasteiger partial charge >= 0.3 is 12.2 Å². The zero-order valence-corrected chi connectivity index (χ0v) is 23.9. The Hall–Kier alpha value is -4.60. The summed E-state index contributed by atoms with van der Waals surface area (Å²) >= 11 is 0. The second kappa shape index (κ2) is 11.9. The number of nitrogens with zero attached hydrogens (tertiary/aromatic N) is 5. The van der Waals surface area contributed by atoms with E-state index in [0.717, 1.165) is 16.5 Å². The predicted molar refractivity (Wildman–Crippen MR) is 157 cm³/mol. The number of nitrogens with one attached hydrogen (secondary N) is 1. The van der Waals surface area contributed by atoms with Gasteiger partial charge in [0, 0.05) is 38.1 Å². The lowest BCUT2D eigenvalue weighted by Gasteiger charge is -2.43. The van der Waals surface area contributed by atoms with Gasteiger partial charge in [-0.05, 0) is 56.8 Å². The van der Waals surface area contributed by atoms with Crippen LogP contribution in [0.1, 0.15) is 33.3 Å². The van der Waals surface area contributed by atoms with Crippen molar-refractivity contribution in [2.24, 2.45) is 0 Å². The monoisotopic (exact) mass is 556 g/mol. The van der Waals surface area contributed by atoms with E-state index >= 15 is 0 Å². The zero-order chi connectivity index (χ0) is 29.0. The Morgan fingerprint density at radius 2 is 1.76 bits per heavy atom. The van der Waals surface area contributed by atoms with Crippen molar-refractivity contribution in [2.75, 3.05) is 25.0 Å². The molecule has 0 bridgehead atoms. The molecule has 2 aromatic heterocycles. The summed E-state index contributed by atoms with van der Waals surface area (Å²) in [5.41, 5.74) is 1.32. The SMILES string of the molecule is CC(Nc1nccc(-n2ccc3ccccc32)n1)C1CN(C(=O)OC(C)(C)C)CCN1C(=O)OCc1ccccc1. The third kappa shape index (κ3) is 6.77. The van der Waals surface area contributed by atoms with E-state index in [1.807, 2.05) is 99.1 Å². The van der Waals surface area contributed by atoms with Gasteiger partial charge in [-0.1, -0.05) is 48.5 Å². The van der Waals surface area contributed by atoms with E-state index in [1.165, 1.54) is 0 Å². The van der Waals surface area contributed by atoms with Crippen LogP contribution in [0, 0.1) is 0 Å². The minimum atomic E-state index is -0.626. The van der Waals surface area contributed by atoms with Gasteiger partial charge in [0.05, 0.1) is 11.6 Å². The van der Waals surface area contributed by atoms with Crippen LogP contribution in [0.5, 0.6) is 0 Å². The fourth-order valence-electron chi connectivity index (χ4n) is 4.89. The third-order valence-corrected chi connectivity index (χ3v) is 6.93. The van der Waals surface area contributed by atoms with Crippen LogP contribution in [0.3, 0.4) is 0 Å². The molecule has 3 heterocycles. The van der Waals surface area contributed by atoms with Crippen molar-refractivity contribution in [1.29, 1.82) is 0 Å². The maximum atomic E-state index is 13.3. The number of rotatable bonds is 6. The van der Waals surface area contributed by atoms with Gasteiger partial charge in [0.2, 0.25) is 5.95 Å². The summed E-state index contributed by atoms with van der Waals surface area (Å²) in [5.74, 6) is 1.13. The van der Waals surface area contributed by atoms with Crippen LogP contribution in [-0.2, 0) is 16.1 Å². The highest BCUT2D eigenvalue weighted by atomic mass is 16.6. The van der Waals surface area contributed by atoms with Crippen LogP contribution >= 0.6 is 0 Å². The number of hydrogen-bond acceptors (Lipinski definition) is 7. The normalized spacial score (nSPS) is 16.3. The average molecular weight is 557 g/mol. The quantitative estimate of drug-likeness (QED) is 0.336. The molecule has 2 unspecified atom stereocenters. The molecule has 0 saturated carbocycles. The Balaban J connectivity index is 1.34. The summed E-state index contributed by atoms with van der Waals surface area (Å²) in [5, 5.41) is 4.48. The van der Waals surface area contributed by atoms with Gasteiger partial charge in [-0.25, -0.2) is 14.6 Å². The summed E-state index contributed by atoms with van der Waals surface area (Å²) in [4.78, 5) is 38.7. The molecule has 41 heavy (non-hydrogen) atoms. The smallest absolute Gasteiger partial charge is 0.410 e. The first-order valence-electron chi connectivity index (χ1n) is 13.8. The van der Waals surface area contributed by atoms with Crippen LogP contribution in [0.4, 0.5) is 15.5 Å². The molecule has 2 amide bonds. The third-order valence-electron chi connectivity index (χ3n) is 6.93. The van der Waals surface area contributed by atoms with Gasteiger partial charge in [-0.3, -0.25) is 4.90 Å². The van der Waals surface area contributed by atoms with E-state index in [1.54, 1.807) is 16.0 Å². The van der Waals surface area contributed by atoms with E-state index in [4.69, 9.17) is 14.5 Å². The Labute approximate surface area is 239 Å². The molecule has 4 aromatic rings. The average Bonchev–Trinajstić information content (AvgIpc) is 3.40. The number of carbonyl (C=O) groups excluding carboxylic acids is 2. The predicted octanol–water partition coefficient (Wildman–Crippen LogP) is 5.48. The van der Waals surface area contributed by atoms with E-state index in [2.05, 4.69) is 16.4 Å². The maximum absolute atomic E-state index is 13.3. The molecule has 1 aliphatic rings. The molecule has 0 radical (unpaired) electrons. The molecule has 2 aromatic carbocycles. The van der Waals surface area contributed by atoms with Crippen LogP contribution < -0.4 is 5.32 Å². The minimum Gasteiger partial charge on any atom is -0.445 e. The lowest BCUT2D eigenvalue weighted by molar-refractivity contribution is -0.000536. The van der Waals surface area contributed by atoms with Crippen LogP contribution in [-0.4, -0.2) is 73.8 Å². The van der Waals surface area contributed by atoms with Gasteiger partial charge in [0.15, 0.2) is 0 Å². The number of amides is 2. The topological polar surface area (TPSA) is 102 Å². The molecule has 5 rings (SSSR count). The lowest BCUT2D eigenvalue weighted by atomic mass is 10.1. The largest absolute Gasteiger partial charge is 0.445 e. The number of benzene rings is 2. The number of piperazine rings is 1. The summed E-state index contributed by atoms with van der Waals surface area (Å²) in [7, 11) is 0. The Kier molecular flexibility index (Phi) is 8.09. The highest BCUT2D eigenvalue weighted by Crippen LogP contribution is 2.22. The van der Waals surface area contributed by atoms with Crippen LogP contribution in [0.25, 0.3) is 16.7 Å². The fourth-order valence-corrected chi connectivity index (χ4v) is 4.89. The minimum absolute atomic E-state index is 0.163. The Bertz CT molecular complexity index is 1500. The molecule has 1 aliphatic heterocycles. The number of anilines is 1. The summed E-state index contributed by atoms with van der Waals surface area (Å²) < 4.78 is 13.3. The Morgan fingerprint density at radius 3 is 2.54 bits per heavy atom. The maximum Gasteiger partial charge on any atom is 0.410 e. The van der Waals surface area contributed by atoms with Crippen molar-refractivity contribution < 1.29 is 19.1 Å². The lowest BCUT2D eigenvalue weighted by Crippen LogP contribution is -2.61. The molecule has 1 N–H and O–H groups in total. The highest BCUT2D eigenvalue weighted by molar-refractivity contribution is 5.81. The first-order valence-corrected chi connectivity index (χ1v) is 13.8. The van der Waals surface area contributed by atoms with Crippen molar-refractivity contribution in [1.82, 2.24) is 24.3 Å². The number of ether oxygens (including phenoxy) is 2. The van der Waals surface area contributed by atoms with Crippen molar-refractivity contribution >= 4 is 29.0 Å². The molecular formula is C31H36N6O4. The number of carbonyl (C=O) groups is 2. The van der Waals surface area contributed by atoms with Crippen molar-refractivity contribution in [3.63, 3.8) is 0 Å². The van der Waals surface area contributed by atoms with E-state index in [0.29, 0.717) is 24.9 Å². The van der Waals surface area contributed by atoms with E-state index in [-0.39, 0.29) is 19.2 Å². The standard InChI is InChI=1S/C31H36N6O4/c1-22(33-28-32-16-14-27(34-28)36-17-15-24-12-8-9-13-25(24)36)26-20-35(29(38)41-31(2,3)4)18-19-37(26)30(39)40-21-23-10-6-5-7-11-23/h5-17,22,26H,18-21H2,1-4H3,(H,32,33,34). The molecule has 10 nitrogen and oxygen atoms in total. The first-order chi connectivity index (χ1) is 19.7. The molecule has 0 aliphatic carbocycles. The van der Waals surface area contributed by atoms with Crippen LogP contribution in [0.15, 0.2) is 79.1 Å². The zero-order valence-electron chi connectivity index (χ0n) is 23.9. The van der Waals surface area contributed by atoms with Crippen LogP contribution in [0.2, 0.25) is 0 Å². The molecule has 1 saturated heterocycles. The molecule has 0 spiro atoms. The summed E-state index contributed by atoms with van der Waals surface area (Å²) in [6, 6.07) is 20.8. The van der Waals surface area contributed by atoms with Gasteiger partial charge < -0.3 is 24.3 Å². The summed E-state index contributed by atoms with van der Waals surface area (Å²) in [6.07, 6.45) is 2.82. The van der Waals surface area contributed by atoms with Crippen molar-refractivity contribution in [3.05, 3.63) is 84.7 Å². The number of para-hydroxylation sites is 1. The van der Waals surface area contributed by atoms with Gasteiger partial charge in [-0.15, -0.1) is 0 Å². The molecule has 2 atom stereocenters. The van der Waals surface area contributed by atoms with Gasteiger partial charge in [-0.2, -0.15) is 4.98 Å². The number of aromatic nitrogens is 3. The molecular weight excluding hydrogens is 520 g/mol. The number of hydrogen-bond donors (Lipinski definition) is 1. The first kappa shape index (κ1) is 27.9. The second-order valence-corrected chi connectivity index (χ2v) is 11.1. The van der Waals surface area contributed by atoms with Gasteiger partial charge in [0.25, 0.3) is 0 Å². The molecule has 10 heteroatoms. The molecule has 1 fully saturated rings. The highest BCUT2D eigenvalue weighted by Gasteiger charge is 2.38. The van der Waals surface area contributed by atoms with Crippen molar-refractivity contribution in [3.8, 4) is 5.82 Å². The van der Waals surface area contributed by atoms with E-state index < -0.39 is 23.8 Å². The number of fused-ring (bicyclic) bond motifs is 1. The van der Waals surface area contributed by atoms with Crippen molar-refractivity contribution in [2.45, 2.75) is 52.0 Å². The summed E-state index contributed by atoms with van der Waals surface area (Å²) in [6.45, 7) is 8.53. The Morgan fingerprint density at radius 1 is 1.00 bits per heavy atom. The van der Waals surface area contributed by atoms with E-state index in [9.17, 15) is 9.59 Å². The fraction of sp³-hybridized carbons (Fsp3) is 0.355. The molecule has 214 valence electrons.